The molecule has 3 fully saturated rings. The van der Waals surface area contributed by atoms with Gasteiger partial charge in [0.15, 0.2) is 0 Å². The van der Waals surface area contributed by atoms with Crippen molar-refractivity contribution in [1.82, 2.24) is 5.32 Å². The Morgan fingerprint density at radius 3 is 2.57 bits per heavy atom. The van der Waals surface area contributed by atoms with Gasteiger partial charge in [-0.05, 0) is 48.9 Å². The van der Waals surface area contributed by atoms with E-state index < -0.39 is 0 Å². The molecule has 3 aliphatic carbocycles. The second-order valence-electron chi connectivity index (χ2n) is 6.66. The summed E-state index contributed by atoms with van der Waals surface area (Å²) in [5, 5.41) is 3.19. The molecule has 0 aromatic heterocycles. The van der Waals surface area contributed by atoms with Crippen LogP contribution in [0, 0.1) is 5.92 Å². The van der Waals surface area contributed by atoms with Gasteiger partial charge < -0.3 is 10.1 Å². The van der Waals surface area contributed by atoms with Crippen LogP contribution in [0.5, 0.6) is 5.75 Å². The molecule has 2 aromatic carbocycles. The predicted molar refractivity (Wildman–Crippen MR) is 92.5 cm³/mol. The molecule has 3 saturated carbocycles. The summed E-state index contributed by atoms with van der Waals surface area (Å²) in [5.74, 6) is 1.54. The first kappa shape index (κ1) is 14.8. The summed E-state index contributed by atoms with van der Waals surface area (Å²) >= 11 is 3.47. The van der Waals surface area contributed by atoms with Crippen molar-refractivity contribution in [1.29, 1.82) is 0 Å². The summed E-state index contributed by atoms with van der Waals surface area (Å²) in [6.07, 6.45) is 3.43. The van der Waals surface area contributed by atoms with Gasteiger partial charge >= 0.3 is 0 Å². The minimum atomic E-state index is -0.00555. The number of hydrogen-bond acceptors (Lipinski definition) is 2. The monoisotopic (exact) mass is 371 g/mol. The van der Waals surface area contributed by atoms with Gasteiger partial charge in [0.1, 0.15) is 12.4 Å². The van der Waals surface area contributed by atoms with Gasteiger partial charge in [-0.25, -0.2) is 0 Å². The van der Waals surface area contributed by atoms with E-state index in [4.69, 9.17) is 4.74 Å². The Labute approximate surface area is 144 Å². The normalized spacial score (nSPS) is 24.3. The van der Waals surface area contributed by atoms with Gasteiger partial charge in [0.2, 0.25) is 0 Å². The highest BCUT2D eigenvalue weighted by atomic mass is 79.9. The van der Waals surface area contributed by atoms with Crippen LogP contribution >= 0.6 is 15.9 Å². The zero-order valence-electron chi connectivity index (χ0n) is 12.7. The van der Waals surface area contributed by atoms with Gasteiger partial charge in [-0.2, -0.15) is 0 Å². The van der Waals surface area contributed by atoms with Gasteiger partial charge in [-0.15, -0.1) is 0 Å². The third kappa shape index (κ3) is 3.00. The molecule has 23 heavy (non-hydrogen) atoms. The fraction of sp³-hybridized carbons (Fsp3) is 0.316. The maximum atomic E-state index is 12.5. The first-order chi connectivity index (χ1) is 11.1. The van der Waals surface area contributed by atoms with Crippen LogP contribution in [0.25, 0.3) is 0 Å². The van der Waals surface area contributed by atoms with E-state index in [1.165, 1.54) is 0 Å². The van der Waals surface area contributed by atoms with Crippen molar-refractivity contribution in [3.05, 3.63) is 64.1 Å². The van der Waals surface area contributed by atoms with E-state index >= 15 is 0 Å². The Balaban J connectivity index is 1.45. The lowest BCUT2D eigenvalue weighted by Crippen LogP contribution is -2.68. The van der Waals surface area contributed by atoms with E-state index in [-0.39, 0.29) is 11.4 Å². The third-order valence-corrected chi connectivity index (χ3v) is 5.26. The first-order valence-electron chi connectivity index (χ1n) is 7.92. The maximum absolute atomic E-state index is 12.5. The topological polar surface area (TPSA) is 38.3 Å². The first-order valence-corrected chi connectivity index (χ1v) is 8.71. The SMILES string of the molecule is O=C(NC12CC(C1)C2)c1cc(Br)cc(OCc2ccccc2)c1. The van der Waals surface area contributed by atoms with E-state index in [9.17, 15) is 4.79 Å². The van der Waals surface area contributed by atoms with Crippen molar-refractivity contribution in [2.45, 2.75) is 31.4 Å². The average molecular weight is 372 g/mol. The van der Waals surface area contributed by atoms with Crippen LogP contribution in [0.2, 0.25) is 0 Å². The Kier molecular flexibility index (Phi) is 3.64. The van der Waals surface area contributed by atoms with Crippen LogP contribution in [0.15, 0.2) is 53.0 Å². The van der Waals surface area contributed by atoms with Crippen molar-refractivity contribution in [3.63, 3.8) is 0 Å². The predicted octanol–water partition coefficient (Wildman–Crippen LogP) is 4.31. The number of ether oxygens (including phenoxy) is 1. The van der Waals surface area contributed by atoms with E-state index in [2.05, 4.69) is 21.2 Å². The lowest BCUT2D eigenvalue weighted by molar-refractivity contribution is -0.0438. The van der Waals surface area contributed by atoms with Crippen LogP contribution in [0.1, 0.15) is 35.2 Å². The second kappa shape index (κ2) is 5.68. The minimum Gasteiger partial charge on any atom is -0.489 e. The molecule has 0 spiro atoms. The molecule has 3 aliphatic rings. The van der Waals surface area contributed by atoms with Gasteiger partial charge in [-0.3, -0.25) is 4.79 Å². The molecule has 118 valence electrons. The third-order valence-electron chi connectivity index (χ3n) is 4.80. The molecule has 4 heteroatoms. The fourth-order valence-electron chi connectivity index (χ4n) is 3.46. The zero-order chi connectivity index (χ0) is 15.9. The molecule has 1 amide bonds. The number of rotatable bonds is 5. The molecular weight excluding hydrogens is 354 g/mol. The van der Waals surface area contributed by atoms with Crippen LogP contribution in [-0.2, 0) is 6.61 Å². The van der Waals surface area contributed by atoms with E-state index in [0.29, 0.717) is 17.9 Å². The summed E-state index contributed by atoms with van der Waals surface area (Å²) in [7, 11) is 0. The standard InChI is InChI=1S/C19H18BrNO2/c20-16-6-15(18(22)21-19-9-14(10-19)11-19)7-17(8-16)23-12-13-4-2-1-3-5-13/h1-8,14H,9-12H2,(H,21,22). The van der Waals surface area contributed by atoms with E-state index in [0.717, 1.165) is 35.2 Å². The molecule has 0 unspecified atom stereocenters. The number of benzene rings is 2. The number of carbonyl (C=O) groups is 1. The quantitative estimate of drug-likeness (QED) is 0.850. The van der Waals surface area contributed by atoms with Gasteiger partial charge in [0.25, 0.3) is 5.91 Å². The Hall–Kier alpha value is -1.81. The Morgan fingerprint density at radius 1 is 1.17 bits per heavy atom. The molecule has 0 atom stereocenters. The van der Waals surface area contributed by atoms with Crippen molar-refractivity contribution in [2.75, 3.05) is 0 Å². The van der Waals surface area contributed by atoms with Crippen molar-refractivity contribution >= 4 is 21.8 Å². The van der Waals surface area contributed by atoms with E-state index in [1.54, 1.807) is 0 Å². The minimum absolute atomic E-state index is 0.00555. The summed E-state index contributed by atoms with van der Waals surface area (Å²) in [4.78, 5) is 12.5. The maximum Gasteiger partial charge on any atom is 0.251 e. The number of amides is 1. The summed E-state index contributed by atoms with van der Waals surface area (Å²) in [5.41, 5.74) is 1.84. The highest BCUT2D eigenvalue weighted by Gasteiger charge is 2.57. The smallest absolute Gasteiger partial charge is 0.251 e. The second-order valence-corrected chi connectivity index (χ2v) is 7.58. The molecule has 5 rings (SSSR count). The lowest BCUT2D eigenvalue weighted by Gasteiger charge is -2.61. The Bertz CT molecular complexity index is 727. The molecule has 3 nitrogen and oxygen atoms in total. The average Bonchev–Trinajstić information content (AvgIpc) is 2.48. The van der Waals surface area contributed by atoms with Crippen molar-refractivity contribution in [2.24, 2.45) is 5.92 Å². The molecule has 0 saturated heterocycles. The number of nitrogens with one attached hydrogen (secondary N) is 1. The molecular formula is C19H18BrNO2. The molecule has 2 bridgehead atoms. The van der Waals surface area contributed by atoms with Crippen molar-refractivity contribution < 1.29 is 9.53 Å². The molecule has 0 aliphatic heterocycles. The molecule has 0 heterocycles. The van der Waals surface area contributed by atoms with Crippen LogP contribution in [-0.4, -0.2) is 11.4 Å². The molecule has 2 aromatic rings. The number of hydrogen-bond donors (Lipinski definition) is 1. The molecule has 1 N–H and O–H groups in total. The highest BCUT2D eigenvalue weighted by Crippen LogP contribution is 2.57. The zero-order valence-corrected chi connectivity index (χ0v) is 14.3. The highest BCUT2D eigenvalue weighted by molar-refractivity contribution is 9.10. The van der Waals surface area contributed by atoms with Gasteiger partial charge in [-0.1, -0.05) is 46.3 Å². The number of carbonyl (C=O) groups excluding carboxylic acids is 1. The fourth-order valence-corrected chi connectivity index (χ4v) is 3.93. The van der Waals surface area contributed by atoms with Crippen LogP contribution in [0.4, 0.5) is 0 Å². The summed E-state index contributed by atoms with van der Waals surface area (Å²) in [6.45, 7) is 0.490. The van der Waals surface area contributed by atoms with Crippen molar-refractivity contribution in [3.8, 4) is 5.75 Å². The summed E-state index contributed by atoms with van der Waals surface area (Å²) in [6, 6.07) is 15.6. The van der Waals surface area contributed by atoms with Gasteiger partial charge in [0, 0.05) is 15.6 Å². The molecule has 0 radical (unpaired) electrons. The summed E-state index contributed by atoms with van der Waals surface area (Å²) < 4.78 is 6.69. The van der Waals surface area contributed by atoms with E-state index in [1.807, 2.05) is 48.5 Å². The van der Waals surface area contributed by atoms with Crippen LogP contribution < -0.4 is 10.1 Å². The lowest BCUT2D eigenvalue weighted by atomic mass is 9.50. The van der Waals surface area contributed by atoms with Crippen LogP contribution in [0.3, 0.4) is 0 Å². The van der Waals surface area contributed by atoms with Gasteiger partial charge in [0.05, 0.1) is 0 Å². The largest absolute Gasteiger partial charge is 0.489 e. The number of halogens is 1. The Morgan fingerprint density at radius 2 is 1.91 bits per heavy atom.